The molecule has 7 aromatic rings. The number of rotatable bonds is 10. The van der Waals surface area contributed by atoms with Gasteiger partial charge in [-0.25, -0.2) is 0 Å². The molecule has 2 heterocycles. The maximum atomic E-state index is 4.71. The molecule has 0 bridgehead atoms. The number of unbranched alkanes of at least 4 members (excludes halogenated alkanes) is 2. The number of hydrogen-bond acceptors (Lipinski definition) is 2. The van der Waals surface area contributed by atoms with Crippen LogP contribution >= 0.6 is 0 Å². The smallest absolute Gasteiger partial charge is 0.168 e. The maximum absolute atomic E-state index is 4.71. The molecule has 0 saturated heterocycles. The van der Waals surface area contributed by atoms with Crippen LogP contribution in [-0.2, 0) is 12.8 Å². The van der Waals surface area contributed by atoms with Gasteiger partial charge in [-0.1, -0.05) is 87.4 Å². The third-order valence-corrected chi connectivity index (χ3v) is 8.63. The molecule has 0 atom stereocenters. The third kappa shape index (κ3) is 5.22. The standard InChI is InChI=1S/C40H38N4/c1-3-5-13-29-19-25-37-35(27-29)36-28-30(14-6-4-2)20-26-38(36)43(37)34-23-21-32(22-24-34)40-42-41-39(31-15-9-7-10-16-31)44(40)33-17-11-8-12-18-33/h7-12,15-28H,3-6,13-14H2,1-2H3. The molecule has 4 heteroatoms. The van der Waals surface area contributed by atoms with Gasteiger partial charge in [-0.05, 0) is 97.5 Å². The normalized spacial score (nSPS) is 11.5. The number of aromatic nitrogens is 4. The lowest BCUT2D eigenvalue weighted by Crippen LogP contribution is -2.00. The summed E-state index contributed by atoms with van der Waals surface area (Å²) in [5.74, 6) is 1.65. The summed E-state index contributed by atoms with van der Waals surface area (Å²) in [5.41, 5.74) is 9.58. The van der Waals surface area contributed by atoms with E-state index in [1.54, 1.807) is 0 Å². The van der Waals surface area contributed by atoms with Crippen molar-refractivity contribution in [2.24, 2.45) is 0 Å². The Morgan fingerprint density at radius 1 is 0.477 bits per heavy atom. The van der Waals surface area contributed by atoms with E-state index in [1.165, 1.54) is 58.6 Å². The molecule has 0 aliphatic heterocycles. The molecule has 0 spiro atoms. The van der Waals surface area contributed by atoms with Crippen molar-refractivity contribution in [1.29, 1.82) is 0 Å². The highest BCUT2D eigenvalue weighted by Crippen LogP contribution is 2.35. The number of fused-ring (bicyclic) bond motifs is 3. The highest BCUT2D eigenvalue weighted by Gasteiger charge is 2.18. The van der Waals surface area contributed by atoms with E-state index in [0.717, 1.165) is 47.0 Å². The highest BCUT2D eigenvalue weighted by atomic mass is 15.3. The second-order valence-electron chi connectivity index (χ2n) is 11.7. The average Bonchev–Trinajstić information content (AvgIpc) is 3.67. The number of hydrogen-bond donors (Lipinski definition) is 0. The van der Waals surface area contributed by atoms with Gasteiger partial charge in [-0.15, -0.1) is 10.2 Å². The Bertz CT molecular complexity index is 1950. The molecule has 0 saturated carbocycles. The molecule has 0 unspecified atom stereocenters. The van der Waals surface area contributed by atoms with Gasteiger partial charge >= 0.3 is 0 Å². The lowest BCUT2D eigenvalue weighted by atomic mass is 10.0. The van der Waals surface area contributed by atoms with Crippen LogP contribution in [0.25, 0.3) is 56.0 Å². The number of para-hydroxylation sites is 1. The second-order valence-corrected chi connectivity index (χ2v) is 11.7. The zero-order valence-electron chi connectivity index (χ0n) is 25.6. The van der Waals surface area contributed by atoms with Crippen molar-refractivity contribution in [3.63, 3.8) is 0 Å². The Balaban J connectivity index is 1.34. The Morgan fingerprint density at radius 3 is 1.48 bits per heavy atom. The van der Waals surface area contributed by atoms with Crippen molar-refractivity contribution >= 4 is 21.8 Å². The first-order valence-electron chi connectivity index (χ1n) is 16.0. The lowest BCUT2D eigenvalue weighted by molar-refractivity contribution is 0.795. The SMILES string of the molecule is CCCCc1ccc2c(c1)c1cc(CCCC)ccc1n2-c1ccc(-c2nnc(-c3ccccc3)n2-c2ccccc2)cc1. The van der Waals surface area contributed by atoms with Crippen molar-refractivity contribution in [2.75, 3.05) is 0 Å². The van der Waals surface area contributed by atoms with Crippen LogP contribution in [0.3, 0.4) is 0 Å². The quantitative estimate of drug-likeness (QED) is 0.163. The first kappa shape index (κ1) is 27.8. The van der Waals surface area contributed by atoms with Crippen LogP contribution in [0.4, 0.5) is 0 Å². The molecule has 0 aliphatic carbocycles. The molecule has 0 aliphatic rings. The van der Waals surface area contributed by atoms with E-state index in [-0.39, 0.29) is 0 Å². The molecule has 2 aromatic heterocycles. The summed E-state index contributed by atoms with van der Waals surface area (Å²) in [6.07, 6.45) is 7.09. The molecule has 0 radical (unpaired) electrons. The van der Waals surface area contributed by atoms with Crippen molar-refractivity contribution in [2.45, 2.75) is 52.4 Å². The van der Waals surface area contributed by atoms with Crippen LogP contribution in [0.5, 0.6) is 0 Å². The topological polar surface area (TPSA) is 35.6 Å². The average molecular weight is 575 g/mol. The third-order valence-electron chi connectivity index (χ3n) is 8.63. The molecule has 0 N–H and O–H groups in total. The van der Waals surface area contributed by atoms with Crippen molar-refractivity contribution in [1.82, 2.24) is 19.3 Å². The second kappa shape index (κ2) is 12.3. The van der Waals surface area contributed by atoms with Gasteiger partial charge in [0.05, 0.1) is 11.0 Å². The van der Waals surface area contributed by atoms with E-state index >= 15 is 0 Å². The van der Waals surface area contributed by atoms with Crippen molar-refractivity contribution in [3.05, 3.63) is 132 Å². The summed E-state index contributed by atoms with van der Waals surface area (Å²) in [7, 11) is 0. The van der Waals surface area contributed by atoms with E-state index < -0.39 is 0 Å². The van der Waals surface area contributed by atoms with Gasteiger partial charge in [0.2, 0.25) is 0 Å². The molecule has 0 amide bonds. The first-order chi connectivity index (χ1) is 21.7. The molecular weight excluding hydrogens is 536 g/mol. The molecule has 44 heavy (non-hydrogen) atoms. The summed E-state index contributed by atoms with van der Waals surface area (Å²) < 4.78 is 4.57. The fourth-order valence-corrected chi connectivity index (χ4v) is 6.30. The maximum Gasteiger partial charge on any atom is 0.168 e. The van der Waals surface area contributed by atoms with Gasteiger partial charge < -0.3 is 4.57 Å². The molecule has 218 valence electrons. The molecule has 4 nitrogen and oxygen atoms in total. The van der Waals surface area contributed by atoms with Crippen LogP contribution in [0, 0.1) is 0 Å². The van der Waals surface area contributed by atoms with Gasteiger partial charge in [0.15, 0.2) is 11.6 Å². The van der Waals surface area contributed by atoms with Crippen LogP contribution in [0.2, 0.25) is 0 Å². The Labute approximate surface area is 259 Å². The number of nitrogens with zero attached hydrogens (tertiary/aromatic N) is 4. The van der Waals surface area contributed by atoms with E-state index in [2.05, 4.69) is 125 Å². The van der Waals surface area contributed by atoms with Gasteiger partial charge in [0.1, 0.15) is 0 Å². The van der Waals surface area contributed by atoms with Crippen molar-refractivity contribution in [3.8, 4) is 34.2 Å². The molecule has 7 rings (SSSR count). The van der Waals surface area contributed by atoms with Crippen molar-refractivity contribution < 1.29 is 0 Å². The zero-order chi connectivity index (χ0) is 29.9. The minimum absolute atomic E-state index is 0.824. The van der Waals surface area contributed by atoms with Gasteiger partial charge in [0, 0.05) is 33.3 Å². The largest absolute Gasteiger partial charge is 0.309 e. The van der Waals surface area contributed by atoms with Crippen LogP contribution in [-0.4, -0.2) is 19.3 Å². The minimum atomic E-state index is 0.824. The summed E-state index contributed by atoms with van der Waals surface area (Å²) in [5, 5.41) is 12.0. The summed E-state index contributed by atoms with van der Waals surface area (Å²) in [4.78, 5) is 0. The summed E-state index contributed by atoms with van der Waals surface area (Å²) >= 11 is 0. The summed E-state index contributed by atoms with van der Waals surface area (Å²) in [6, 6.07) is 43.5. The predicted octanol–water partition coefficient (Wildman–Crippen LogP) is 10.4. The summed E-state index contributed by atoms with van der Waals surface area (Å²) in [6.45, 7) is 4.53. The number of aryl methyl sites for hydroxylation is 2. The Hall–Kier alpha value is -4.96. The highest BCUT2D eigenvalue weighted by molar-refractivity contribution is 6.09. The molecular formula is C40H38N4. The first-order valence-corrected chi connectivity index (χ1v) is 16.0. The van der Waals surface area contributed by atoms with Crippen LogP contribution in [0.15, 0.2) is 121 Å². The van der Waals surface area contributed by atoms with Crippen LogP contribution < -0.4 is 0 Å². The molecule has 5 aromatic carbocycles. The Kier molecular flexibility index (Phi) is 7.81. The minimum Gasteiger partial charge on any atom is -0.309 e. The fourth-order valence-electron chi connectivity index (χ4n) is 6.30. The van der Waals surface area contributed by atoms with E-state index in [9.17, 15) is 0 Å². The van der Waals surface area contributed by atoms with E-state index in [1.807, 2.05) is 24.3 Å². The number of benzene rings is 5. The van der Waals surface area contributed by atoms with Gasteiger partial charge in [-0.2, -0.15) is 0 Å². The van der Waals surface area contributed by atoms with E-state index in [0.29, 0.717) is 0 Å². The van der Waals surface area contributed by atoms with Gasteiger partial charge in [-0.3, -0.25) is 4.57 Å². The Morgan fingerprint density at radius 2 is 0.955 bits per heavy atom. The zero-order valence-corrected chi connectivity index (χ0v) is 25.6. The van der Waals surface area contributed by atoms with Crippen LogP contribution in [0.1, 0.15) is 50.7 Å². The molecule has 0 fully saturated rings. The van der Waals surface area contributed by atoms with Gasteiger partial charge in [0.25, 0.3) is 0 Å². The fraction of sp³-hybridized carbons (Fsp3) is 0.200. The monoisotopic (exact) mass is 574 g/mol. The van der Waals surface area contributed by atoms with E-state index in [4.69, 9.17) is 5.10 Å². The lowest BCUT2D eigenvalue weighted by Gasteiger charge is -2.12. The predicted molar refractivity (Wildman–Crippen MR) is 184 cm³/mol.